The van der Waals surface area contributed by atoms with Gasteiger partial charge in [0.25, 0.3) is 0 Å². The van der Waals surface area contributed by atoms with Gasteiger partial charge in [-0.25, -0.2) is 4.68 Å². The average molecular weight is 277 g/mol. The molecule has 1 aromatic heterocycles. The fraction of sp³-hybridized carbons (Fsp3) is 0.167. The minimum atomic E-state index is 0.828. The Bertz CT molecular complexity index is 730. The Hall–Kier alpha value is -2.55. The zero-order valence-corrected chi connectivity index (χ0v) is 12.4. The van der Waals surface area contributed by atoms with E-state index in [0.717, 1.165) is 17.9 Å². The number of rotatable bonds is 4. The Kier molecular flexibility index (Phi) is 3.73. The Morgan fingerprint density at radius 1 is 1.05 bits per heavy atom. The van der Waals surface area contributed by atoms with Crippen LogP contribution in [-0.4, -0.2) is 9.78 Å². The number of anilines is 1. The molecule has 0 spiro atoms. The van der Waals surface area contributed by atoms with Crippen molar-refractivity contribution in [2.24, 2.45) is 0 Å². The summed E-state index contributed by atoms with van der Waals surface area (Å²) in [4.78, 5) is 0. The molecule has 0 aliphatic carbocycles. The highest BCUT2D eigenvalue weighted by molar-refractivity contribution is 5.51. The third-order valence-corrected chi connectivity index (χ3v) is 3.60. The van der Waals surface area contributed by atoms with Crippen LogP contribution < -0.4 is 5.32 Å². The summed E-state index contributed by atoms with van der Waals surface area (Å²) in [6.45, 7) is 5.11. The van der Waals surface area contributed by atoms with E-state index >= 15 is 0 Å². The molecule has 1 heterocycles. The van der Waals surface area contributed by atoms with Gasteiger partial charge in [-0.3, -0.25) is 0 Å². The van der Waals surface area contributed by atoms with Gasteiger partial charge in [0.05, 0.1) is 5.69 Å². The number of benzene rings is 2. The zero-order chi connectivity index (χ0) is 14.7. The molecule has 106 valence electrons. The molecule has 0 saturated heterocycles. The van der Waals surface area contributed by atoms with Crippen LogP contribution >= 0.6 is 0 Å². The van der Waals surface area contributed by atoms with E-state index in [4.69, 9.17) is 0 Å². The second-order valence-electron chi connectivity index (χ2n) is 5.28. The molecule has 0 aliphatic heterocycles. The summed E-state index contributed by atoms with van der Waals surface area (Å²) < 4.78 is 1.86. The predicted molar refractivity (Wildman–Crippen MR) is 86.8 cm³/mol. The molecule has 0 radical (unpaired) electrons. The highest BCUT2D eigenvalue weighted by Gasteiger charge is 2.01. The van der Waals surface area contributed by atoms with E-state index in [0.29, 0.717) is 0 Å². The minimum absolute atomic E-state index is 0.828. The smallest absolute Gasteiger partial charge is 0.0666 e. The Morgan fingerprint density at radius 2 is 1.95 bits per heavy atom. The molecule has 0 aliphatic rings. The first-order valence-corrected chi connectivity index (χ1v) is 7.12. The highest BCUT2D eigenvalue weighted by atomic mass is 15.3. The second-order valence-corrected chi connectivity index (χ2v) is 5.28. The maximum Gasteiger partial charge on any atom is 0.0666 e. The van der Waals surface area contributed by atoms with Gasteiger partial charge in [0, 0.05) is 24.6 Å². The van der Waals surface area contributed by atoms with Crippen molar-refractivity contribution >= 4 is 5.69 Å². The lowest BCUT2D eigenvalue weighted by atomic mass is 10.1. The summed E-state index contributed by atoms with van der Waals surface area (Å²) in [5, 5.41) is 7.74. The molecular formula is C18H19N3. The molecule has 3 nitrogen and oxygen atoms in total. The topological polar surface area (TPSA) is 29.9 Å². The summed E-state index contributed by atoms with van der Waals surface area (Å²) in [6, 6.07) is 16.8. The van der Waals surface area contributed by atoms with E-state index in [1.54, 1.807) is 6.20 Å². The highest BCUT2D eigenvalue weighted by Crippen LogP contribution is 2.16. The first kappa shape index (κ1) is 13.4. The third kappa shape index (κ3) is 3.14. The van der Waals surface area contributed by atoms with Crippen molar-refractivity contribution in [2.75, 3.05) is 5.32 Å². The van der Waals surface area contributed by atoms with Gasteiger partial charge in [0.2, 0.25) is 0 Å². The molecular weight excluding hydrogens is 258 g/mol. The Morgan fingerprint density at radius 3 is 2.71 bits per heavy atom. The van der Waals surface area contributed by atoms with Gasteiger partial charge in [-0.15, -0.1) is 0 Å². The van der Waals surface area contributed by atoms with E-state index in [-0.39, 0.29) is 0 Å². The molecule has 0 unspecified atom stereocenters. The third-order valence-electron chi connectivity index (χ3n) is 3.60. The molecule has 21 heavy (non-hydrogen) atoms. The van der Waals surface area contributed by atoms with Crippen molar-refractivity contribution < 1.29 is 0 Å². The van der Waals surface area contributed by atoms with Crippen molar-refractivity contribution in [1.82, 2.24) is 9.78 Å². The quantitative estimate of drug-likeness (QED) is 0.778. The predicted octanol–water partition coefficient (Wildman–Crippen LogP) is 4.10. The monoisotopic (exact) mass is 277 g/mol. The van der Waals surface area contributed by atoms with E-state index in [1.807, 2.05) is 23.0 Å². The van der Waals surface area contributed by atoms with Gasteiger partial charge >= 0.3 is 0 Å². The van der Waals surface area contributed by atoms with E-state index < -0.39 is 0 Å². The van der Waals surface area contributed by atoms with Crippen LogP contribution in [0.5, 0.6) is 0 Å². The Balaban J connectivity index is 1.75. The van der Waals surface area contributed by atoms with Crippen LogP contribution in [-0.2, 0) is 6.54 Å². The first-order chi connectivity index (χ1) is 10.2. The number of nitrogens with zero attached hydrogens (tertiary/aromatic N) is 2. The number of aromatic nitrogens is 2. The van der Waals surface area contributed by atoms with Gasteiger partial charge in [0.15, 0.2) is 0 Å². The van der Waals surface area contributed by atoms with E-state index in [2.05, 4.69) is 60.7 Å². The SMILES string of the molecule is Cc1ccc(CNc2cccc(-n3cccn3)c2)c(C)c1. The van der Waals surface area contributed by atoms with Gasteiger partial charge in [-0.05, 0) is 49.2 Å². The van der Waals surface area contributed by atoms with E-state index in [1.165, 1.54) is 16.7 Å². The van der Waals surface area contributed by atoms with Gasteiger partial charge in [0.1, 0.15) is 0 Å². The summed E-state index contributed by atoms with van der Waals surface area (Å²) in [7, 11) is 0. The van der Waals surface area contributed by atoms with Crippen LogP contribution in [0.1, 0.15) is 16.7 Å². The molecule has 3 heteroatoms. The molecule has 0 atom stereocenters. The first-order valence-electron chi connectivity index (χ1n) is 7.12. The standard InChI is InChI=1S/C18H19N3/c1-14-7-8-16(15(2)11-14)13-19-17-5-3-6-18(12-17)21-10-4-9-20-21/h3-12,19H,13H2,1-2H3. The van der Waals surface area contributed by atoms with Gasteiger partial charge in [-0.2, -0.15) is 5.10 Å². The zero-order valence-electron chi connectivity index (χ0n) is 12.4. The normalized spacial score (nSPS) is 10.6. The molecule has 3 rings (SSSR count). The van der Waals surface area contributed by atoms with Crippen LogP contribution in [0.15, 0.2) is 60.9 Å². The van der Waals surface area contributed by atoms with E-state index in [9.17, 15) is 0 Å². The summed E-state index contributed by atoms with van der Waals surface area (Å²) in [6.07, 6.45) is 3.74. The molecule has 1 N–H and O–H groups in total. The lowest BCUT2D eigenvalue weighted by molar-refractivity contribution is 0.880. The van der Waals surface area contributed by atoms with Crippen LogP contribution in [0, 0.1) is 13.8 Å². The number of aryl methyl sites for hydroxylation is 2. The number of nitrogens with one attached hydrogen (secondary N) is 1. The van der Waals surface area contributed by atoms with Crippen LogP contribution in [0.25, 0.3) is 5.69 Å². The van der Waals surface area contributed by atoms with Crippen LogP contribution in [0.3, 0.4) is 0 Å². The lowest BCUT2D eigenvalue weighted by Crippen LogP contribution is -2.02. The maximum atomic E-state index is 4.26. The molecule has 0 amide bonds. The number of hydrogen-bond donors (Lipinski definition) is 1. The summed E-state index contributed by atoms with van der Waals surface area (Å²) in [5.41, 5.74) is 6.11. The average Bonchev–Trinajstić information content (AvgIpc) is 3.01. The minimum Gasteiger partial charge on any atom is -0.381 e. The molecule has 2 aromatic carbocycles. The second kappa shape index (κ2) is 5.83. The Labute approximate surface area is 125 Å². The lowest BCUT2D eigenvalue weighted by Gasteiger charge is -2.11. The molecule has 3 aromatic rings. The fourth-order valence-corrected chi connectivity index (χ4v) is 2.42. The van der Waals surface area contributed by atoms with Crippen molar-refractivity contribution in [3.8, 4) is 5.69 Å². The maximum absolute atomic E-state index is 4.26. The van der Waals surface area contributed by atoms with Crippen LogP contribution in [0.2, 0.25) is 0 Å². The van der Waals surface area contributed by atoms with Crippen molar-refractivity contribution in [2.45, 2.75) is 20.4 Å². The molecule has 0 fully saturated rings. The summed E-state index contributed by atoms with van der Waals surface area (Å²) >= 11 is 0. The fourth-order valence-electron chi connectivity index (χ4n) is 2.42. The van der Waals surface area contributed by atoms with Crippen molar-refractivity contribution in [3.63, 3.8) is 0 Å². The largest absolute Gasteiger partial charge is 0.381 e. The van der Waals surface area contributed by atoms with Gasteiger partial charge in [-0.1, -0.05) is 29.8 Å². The van der Waals surface area contributed by atoms with Crippen molar-refractivity contribution in [1.29, 1.82) is 0 Å². The summed E-state index contributed by atoms with van der Waals surface area (Å²) in [5.74, 6) is 0. The van der Waals surface area contributed by atoms with Crippen LogP contribution in [0.4, 0.5) is 5.69 Å². The van der Waals surface area contributed by atoms with Crippen molar-refractivity contribution in [3.05, 3.63) is 77.6 Å². The number of hydrogen-bond acceptors (Lipinski definition) is 2. The molecule has 0 bridgehead atoms. The molecule has 0 saturated carbocycles. The van der Waals surface area contributed by atoms with Gasteiger partial charge < -0.3 is 5.32 Å².